The molecule has 0 N–H and O–H groups in total. The van der Waals surface area contributed by atoms with Crippen LogP contribution in [0.1, 0.15) is 38.5 Å². The third-order valence-corrected chi connectivity index (χ3v) is 2.60. The van der Waals surface area contributed by atoms with Crippen molar-refractivity contribution in [3.63, 3.8) is 0 Å². The van der Waals surface area contributed by atoms with Gasteiger partial charge in [-0.25, -0.2) is 0 Å². The molecule has 11 heavy (non-hydrogen) atoms. The van der Waals surface area contributed by atoms with Crippen molar-refractivity contribution in [1.29, 1.82) is 0 Å². The van der Waals surface area contributed by atoms with Gasteiger partial charge in [-0.1, -0.05) is 6.08 Å². The first-order valence-electron chi connectivity index (χ1n) is 4.46. The number of fused-ring (bicyclic) bond motifs is 1. The average molecular weight is 149 g/mol. The fourth-order valence-electron chi connectivity index (χ4n) is 2.00. The van der Waals surface area contributed by atoms with E-state index in [1.165, 1.54) is 18.4 Å². The second kappa shape index (κ2) is 2.72. The van der Waals surface area contributed by atoms with Crippen LogP contribution in [-0.2, 0) is 5.11 Å². The lowest BCUT2D eigenvalue weighted by Gasteiger charge is -2.21. The minimum Gasteiger partial charge on any atom is -0.295 e. The first-order valence-corrected chi connectivity index (χ1v) is 4.46. The van der Waals surface area contributed by atoms with Crippen LogP contribution >= 0.6 is 0 Å². The fraction of sp³-hybridized carbons (Fsp3) is 0.600. The van der Waals surface area contributed by atoms with Gasteiger partial charge in [0.2, 0.25) is 0 Å². The van der Waals surface area contributed by atoms with E-state index in [2.05, 4.69) is 6.08 Å². The summed E-state index contributed by atoms with van der Waals surface area (Å²) in [7, 11) is 0. The van der Waals surface area contributed by atoms with E-state index < -0.39 is 0 Å². The molecule has 0 aromatic heterocycles. The average Bonchev–Trinajstić information content (AvgIpc) is 2.06. The predicted molar refractivity (Wildman–Crippen MR) is 43.5 cm³/mol. The monoisotopic (exact) mass is 149 g/mol. The molecule has 0 fully saturated rings. The van der Waals surface area contributed by atoms with Crippen LogP contribution in [0.15, 0.2) is 23.0 Å². The van der Waals surface area contributed by atoms with E-state index in [-0.39, 0.29) is 0 Å². The van der Waals surface area contributed by atoms with Crippen LogP contribution in [0.25, 0.3) is 0 Å². The Hall–Kier alpha value is -0.720. The van der Waals surface area contributed by atoms with Crippen molar-refractivity contribution in [3.8, 4) is 0 Å². The molecule has 0 aromatic rings. The van der Waals surface area contributed by atoms with E-state index in [0.717, 1.165) is 31.3 Å². The van der Waals surface area contributed by atoms with Crippen molar-refractivity contribution in [1.82, 2.24) is 0 Å². The van der Waals surface area contributed by atoms with Crippen molar-refractivity contribution in [3.05, 3.63) is 23.0 Å². The second-order valence-electron chi connectivity index (χ2n) is 3.38. The predicted octanol–water partition coefficient (Wildman–Crippen LogP) is 2.97. The number of hydrogen-bond donors (Lipinski definition) is 0. The minimum absolute atomic E-state index is 0.419. The lowest BCUT2D eigenvalue weighted by atomic mass is 9.85. The standard InChI is InChI=1S/C10H13O/c11-10-7-3-5-8-4-1-2-6-9(8)10/h4H,1-3,5-7H2. The highest BCUT2D eigenvalue weighted by Crippen LogP contribution is 2.35. The van der Waals surface area contributed by atoms with Crippen molar-refractivity contribution < 1.29 is 5.11 Å². The summed E-state index contributed by atoms with van der Waals surface area (Å²) < 4.78 is 0. The van der Waals surface area contributed by atoms with Gasteiger partial charge >= 0.3 is 0 Å². The summed E-state index contributed by atoms with van der Waals surface area (Å²) in [5.41, 5.74) is 2.52. The molecule has 1 nitrogen and oxygen atoms in total. The molecule has 0 heterocycles. The summed E-state index contributed by atoms with van der Waals surface area (Å²) in [4.78, 5) is 0. The maximum Gasteiger partial charge on any atom is 0.159 e. The maximum absolute atomic E-state index is 11.4. The largest absolute Gasteiger partial charge is 0.295 e. The Labute approximate surface area is 67.4 Å². The molecular weight excluding hydrogens is 136 g/mol. The Balaban J connectivity index is 2.35. The molecule has 0 saturated carbocycles. The van der Waals surface area contributed by atoms with Crippen LogP contribution in [0.4, 0.5) is 0 Å². The molecule has 1 radical (unpaired) electrons. The summed E-state index contributed by atoms with van der Waals surface area (Å²) >= 11 is 0. The summed E-state index contributed by atoms with van der Waals surface area (Å²) in [6.45, 7) is 0. The zero-order valence-electron chi connectivity index (χ0n) is 6.73. The fourth-order valence-corrected chi connectivity index (χ4v) is 2.00. The second-order valence-corrected chi connectivity index (χ2v) is 3.38. The lowest BCUT2D eigenvalue weighted by Crippen LogP contribution is -2.05. The lowest BCUT2D eigenvalue weighted by molar-refractivity contribution is 0.266. The minimum atomic E-state index is 0.419. The van der Waals surface area contributed by atoms with Gasteiger partial charge in [-0.15, -0.1) is 0 Å². The Kier molecular flexibility index (Phi) is 1.72. The van der Waals surface area contributed by atoms with Gasteiger partial charge in [0.25, 0.3) is 0 Å². The maximum atomic E-state index is 11.4. The molecule has 0 atom stereocenters. The van der Waals surface area contributed by atoms with E-state index in [9.17, 15) is 5.11 Å². The van der Waals surface area contributed by atoms with Crippen LogP contribution in [0.3, 0.4) is 0 Å². The topological polar surface area (TPSA) is 19.9 Å². The molecule has 0 aromatic carbocycles. The molecule has 0 aliphatic heterocycles. The first-order chi connectivity index (χ1) is 5.38. The molecule has 0 bridgehead atoms. The number of hydrogen-bond acceptors (Lipinski definition) is 0. The van der Waals surface area contributed by atoms with Gasteiger partial charge < -0.3 is 0 Å². The molecule has 0 amide bonds. The highest BCUT2D eigenvalue weighted by atomic mass is 16.3. The van der Waals surface area contributed by atoms with Gasteiger partial charge in [-0.05, 0) is 43.3 Å². The van der Waals surface area contributed by atoms with Crippen LogP contribution in [0, 0.1) is 0 Å². The van der Waals surface area contributed by atoms with Gasteiger partial charge in [0.05, 0.1) is 0 Å². The third kappa shape index (κ3) is 1.20. The van der Waals surface area contributed by atoms with Crippen LogP contribution in [0.5, 0.6) is 0 Å². The highest BCUT2D eigenvalue weighted by molar-refractivity contribution is 5.37. The quantitative estimate of drug-likeness (QED) is 0.504. The zero-order valence-corrected chi connectivity index (χ0v) is 6.73. The third-order valence-electron chi connectivity index (χ3n) is 2.60. The molecular formula is C10H13O. The van der Waals surface area contributed by atoms with E-state index in [0.29, 0.717) is 5.76 Å². The molecule has 0 spiro atoms. The first kappa shape index (κ1) is 6.96. The zero-order chi connectivity index (χ0) is 7.68. The summed E-state index contributed by atoms with van der Waals surface area (Å²) in [5, 5.41) is 11.4. The van der Waals surface area contributed by atoms with Crippen molar-refractivity contribution >= 4 is 0 Å². The van der Waals surface area contributed by atoms with Gasteiger partial charge in [-0.2, -0.15) is 0 Å². The molecule has 1 heteroatoms. The van der Waals surface area contributed by atoms with Gasteiger partial charge in [0, 0.05) is 6.42 Å². The molecule has 2 aliphatic carbocycles. The molecule has 0 unspecified atom stereocenters. The van der Waals surface area contributed by atoms with Gasteiger partial charge in [0.15, 0.2) is 5.76 Å². The van der Waals surface area contributed by atoms with Crippen molar-refractivity contribution in [2.45, 2.75) is 38.5 Å². The van der Waals surface area contributed by atoms with Crippen molar-refractivity contribution in [2.75, 3.05) is 0 Å². The highest BCUT2D eigenvalue weighted by Gasteiger charge is 2.19. The van der Waals surface area contributed by atoms with Crippen LogP contribution in [0.2, 0.25) is 0 Å². The SMILES string of the molecule is [O]C1=C2CCCC=C2CCC1. The summed E-state index contributed by atoms with van der Waals surface area (Å²) in [6, 6.07) is 0. The van der Waals surface area contributed by atoms with Gasteiger partial charge in [0.1, 0.15) is 0 Å². The molecule has 2 aliphatic rings. The Morgan fingerprint density at radius 2 is 2.00 bits per heavy atom. The van der Waals surface area contributed by atoms with E-state index >= 15 is 0 Å². The van der Waals surface area contributed by atoms with Gasteiger partial charge in [-0.3, -0.25) is 5.11 Å². The van der Waals surface area contributed by atoms with E-state index in [1.807, 2.05) is 0 Å². The molecule has 0 saturated heterocycles. The van der Waals surface area contributed by atoms with E-state index in [4.69, 9.17) is 0 Å². The normalized spacial score (nSPS) is 24.5. The van der Waals surface area contributed by atoms with E-state index in [1.54, 1.807) is 0 Å². The number of rotatable bonds is 0. The Morgan fingerprint density at radius 1 is 1.09 bits per heavy atom. The van der Waals surface area contributed by atoms with Crippen LogP contribution in [-0.4, -0.2) is 0 Å². The Bertz CT molecular complexity index is 223. The Morgan fingerprint density at radius 3 is 2.82 bits per heavy atom. The summed E-state index contributed by atoms with van der Waals surface area (Å²) in [6.07, 6.45) is 8.71. The molecule has 2 rings (SSSR count). The summed E-state index contributed by atoms with van der Waals surface area (Å²) in [5.74, 6) is 0.419. The van der Waals surface area contributed by atoms with Crippen LogP contribution < -0.4 is 0 Å². The smallest absolute Gasteiger partial charge is 0.159 e. The van der Waals surface area contributed by atoms with Crippen molar-refractivity contribution in [2.24, 2.45) is 0 Å². The number of allylic oxidation sites excluding steroid dienone is 4. The molecule has 59 valence electrons.